The number of piperidine rings is 1. The van der Waals surface area contributed by atoms with Crippen molar-refractivity contribution in [2.24, 2.45) is 7.05 Å². The van der Waals surface area contributed by atoms with Gasteiger partial charge in [0.15, 0.2) is 0 Å². The van der Waals surface area contributed by atoms with Gasteiger partial charge in [0, 0.05) is 13.0 Å². The molecule has 0 bridgehead atoms. The lowest BCUT2D eigenvalue weighted by Crippen LogP contribution is -2.27. The third kappa shape index (κ3) is 2.15. The second kappa shape index (κ2) is 5.15. The fraction of sp³-hybridized carbons (Fsp3) is 0.462. The molecular formula is C13H16BrN3S. The zero-order valence-corrected chi connectivity index (χ0v) is 12.7. The molecule has 1 fully saturated rings. The van der Waals surface area contributed by atoms with Gasteiger partial charge in [0.05, 0.1) is 15.0 Å². The van der Waals surface area contributed by atoms with Crippen LogP contribution < -0.4 is 5.32 Å². The number of hydrogen-bond donors (Lipinski definition) is 1. The number of aromatic nitrogens is 2. The van der Waals surface area contributed by atoms with E-state index in [1.165, 1.54) is 27.9 Å². The second-order valence-corrected chi connectivity index (χ2v) is 6.41. The summed E-state index contributed by atoms with van der Waals surface area (Å²) >= 11 is 5.50. The van der Waals surface area contributed by atoms with E-state index in [9.17, 15) is 0 Å². The molecule has 1 aliphatic heterocycles. The van der Waals surface area contributed by atoms with Gasteiger partial charge in [0.2, 0.25) is 0 Å². The van der Waals surface area contributed by atoms with Crippen molar-refractivity contribution in [2.75, 3.05) is 13.1 Å². The van der Waals surface area contributed by atoms with E-state index < -0.39 is 0 Å². The topological polar surface area (TPSA) is 29.9 Å². The predicted molar refractivity (Wildman–Crippen MR) is 79.1 cm³/mol. The molecule has 1 aliphatic rings. The maximum Gasteiger partial charge on any atom is 0.117 e. The molecule has 96 valence electrons. The van der Waals surface area contributed by atoms with Crippen LogP contribution in [-0.4, -0.2) is 22.9 Å². The standard InChI is InChI=1S/C13H16BrN3S/c1-17-13(9-4-6-15-7-5-9)11(14)12(16-17)10-3-2-8-18-10/h2-3,8-9,15H,4-7H2,1H3. The van der Waals surface area contributed by atoms with Crippen molar-refractivity contribution in [2.45, 2.75) is 18.8 Å². The van der Waals surface area contributed by atoms with Gasteiger partial charge in [0.1, 0.15) is 5.69 Å². The Hall–Kier alpha value is -0.650. The van der Waals surface area contributed by atoms with Crippen LogP contribution in [0.3, 0.4) is 0 Å². The molecule has 0 spiro atoms. The largest absolute Gasteiger partial charge is 0.317 e. The Labute approximate surface area is 119 Å². The van der Waals surface area contributed by atoms with E-state index in [1.54, 1.807) is 11.3 Å². The summed E-state index contributed by atoms with van der Waals surface area (Å²) in [5.41, 5.74) is 2.43. The number of aryl methyl sites for hydroxylation is 1. The molecule has 18 heavy (non-hydrogen) atoms. The van der Waals surface area contributed by atoms with Crippen LogP contribution in [0.1, 0.15) is 24.5 Å². The molecule has 1 N–H and O–H groups in total. The molecule has 2 aromatic heterocycles. The number of hydrogen-bond acceptors (Lipinski definition) is 3. The van der Waals surface area contributed by atoms with Gasteiger partial charge in [-0.3, -0.25) is 4.68 Å². The average molecular weight is 326 g/mol. The molecule has 0 aliphatic carbocycles. The quantitative estimate of drug-likeness (QED) is 0.917. The molecule has 0 aromatic carbocycles. The normalized spacial score (nSPS) is 17.2. The van der Waals surface area contributed by atoms with E-state index >= 15 is 0 Å². The summed E-state index contributed by atoms with van der Waals surface area (Å²) in [5, 5.41) is 10.2. The number of nitrogens with one attached hydrogen (secondary N) is 1. The predicted octanol–water partition coefficient (Wildman–Crippen LogP) is 3.38. The minimum absolute atomic E-state index is 0.617. The summed E-state index contributed by atoms with van der Waals surface area (Å²) in [6.07, 6.45) is 2.39. The number of nitrogens with zero attached hydrogens (tertiary/aromatic N) is 2. The van der Waals surface area contributed by atoms with Gasteiger partial charge < -0.3 is 5.32 Å². The minimum atomic E-state index is 0.617. The summed E-state index contributed by atoms with van der Waals surface area (Å²) in [7, 11) is 2.05. The Bertz CT molecular complexity index is 527. The Morgan fingerprint density at radius 3 is 2.89 bits per heavy atom. The summed E-state index contributed by atoms with van der Waals surface area (Å²) in [6, 6.07) is 4.20. The lowest BCUT2D eigenvalue weighted by Gasteiger charge is -2.23. The van der Waals surface area contributed by atoms with Crippen molar-refractivity contribution < 1.29 is 0 Å². The van der Waals surface area contributed by atoms with E-state index in [1.807, 2.05) is 0 Å². The molecule has 0 atom stereocenters. The van der Waals surface area contributed by atoms with E-state index in [-0.39, 0.29) is 0 Å². The summed E-state index contributed by atoms with van der Waals surface area (Å²) in [6.45, 7) is 2.22. The van der Waals surface area contributed by atoms with Gasteiger partial charge >= 0.3 is 0 Å². The van der Waals surface area contributed by atoms with Crippen LogP contribution in [0.25, 0.3) is 10.6 Å². The summed E-state index contributed by atoms with van der Waals surface area (Å²) < 4.78 is 3.23. The van der Waals surface area contributed by atoms with Crippen LogP contribution in [0.15, 0.2) is 22.0 Å². The maximum absolute atomic E-state index is 4.69. The van der Waals surface area contributed by atoms with Crippen LogP contribution in [0.2, 0.25) is 0 Å². The first-order valence-corrected chi connectivity index (χ1v) is 7.91. The highest BCUT2D eigenvalue weighted by Crippen LogP contribution is 2.38. The number of thiophene rings is 1. The van der Waals surface area contributed by atoms with Crippen molar-refractivity contribution in [3.05, 3.63) is 27.7 Å². The molecule has 0 amide bonds. The molecule has 2 aromatic rings. The number of rotatable bonds is 2. The Kier molecular flexibility index (Phi) is 3.54. The molecule has 0 unspecified atom stereocenters. The second-order valence-electron chi connectivity index (χ2n) is 4.67. The van der Waals surface area contributed by atoms with Gasteiger partial charge in [-0.25, -0.2) is 0 Å². The third-order valence-corrected chi connectivity index (χ3v) is 5.17. The third-order valence-electron chi connectivity index (χ3n) is 3.51. The van der Waals surface area contributed by atoms with Crippen molar-refractivity contribution in [1.82, 2.24) is 15.1 Å². The van der Waals surface area contributed by atoms with Crippen molar-refractivity contribution in [3.63, 3.8) is 0 Å². The fourth-order valence-electron chi connectivity index (χ4n) is 2.62. The smallest absolute Gasteiger partial charge is 0.117 e. The van der Waals surface area contributed by atoms with E-state index in [4.69, 9.17) is 0 Å². The molecule has 5 heteroatoms. The molecule has 3 rings (SSSR count). The molecule has 3 heterocycles. The lowest BCUT2D eigenvalue weighted by atomic mass is 9.94. The van der Waals surface area contributed by atoms with Crippen LogP contribution >= 0.6 is 27.3 Å². The molecule has 0 saturated carbocycles. The van der Waals surface area contributed by atoms with Crippen molar-refractivity contribution >= 4 is 27.3 Å². The Balaban J connectivity index is 2.00. The zero-order chi connectivity index (χ0) is 12.5. The first-order chi connectivity index (χ1) is 8.77. The lowest BCUT2D eigenvalue weighted by molar-refractivity contribution is 0.439. The molecular weight excluding hydrogens is 310 g/mol. The highest BCUT2D eigenvalue weighted by molar-refractivity contribution is 9.10. The highest BCUT2D eigenvalue weighted by Gasteiger charge is 2.24. The van der Waals surface area contributed by atoms with Crippen LogP contribution in [0.5, 0.6) is 0 Å². The van der Waals surface area contributed by atoms with Crippen LogP contribution in [0, 0.1) is 0 Å². The first kappa shape index (κ1) is 12.4. The molecule has 1 saturated heterocycles. The number of halogens is 1. The van der Waals surface area contributed by atoms with E-state index in [2.05, 4.69) is 55.6 Å². The fourth-order valence-corrected chi connectivity index (χ4v) is 4.34. The van der Waals surface area contributed by atoms with Crippen LogP contribution in [-0.2, 0) is 7.05 Å². The van der Waals surface area contributed by atoms with Gasteiger partial charge in [-0.2, -0.15) is 5.10 Å². The van der Waals surface area contributed by atoms with E-state index in [0.717, 1.165) is 18.8 Å². The minimum Gasteiger partial charge on any atom is -0.317 e. The van der Waals surface area contributed by atoms with E-state index in [0.29, 0.717) is 5.92 Å². The Morgan fingerprint density at radius 1 is 1.44 bits per heavy atom. The van der Waals surface area contributed by atoms with Gasteiger partial charge in [-0.1, -0.05) is 6.07 Å². The SMILES string of the molecule is Cn1nc(-c2cccs2)c(Br)c1C1CCNCC1. The monoisotopic (exact) mass is 325 g/mol. The van der Waals surface area contributed by atoms with Crippen molar-refractivity contribution in [1.29, 1.82) is 0 Å². The molecule has 3 nitrogen and oxygen atoms in total. The summed E-state index contributed by atoms with van der Waals surface area (Å²) in [4.78, 5) is 1.23. The van der Waals surface area contributed by atoms with Gasteiger partial charge in [0.25, 0.3) is 0 Å². The maximum atomic E-state index is 4.69. The average Bonchev–Trinajstić information content (AvgIpc) is 2.99. The zero-order valence-electron chi connectivity index (χ0n) is 10.3. The molecule has 0 radical (unpaired) electrons. The van der Waals surface area contributed by atoms with Crippen molar-refractivity contribution in [3.8, 4) is 10.6 Å². The first-order valence-electron chi connectivity index (χ1n) is 6.24. The van der Waals surface area contributed by atoms with Gasteiger partial charge in [-0.05, 0) is 53.3 Å². The van der Waals surface area contributed by atoms with Crippen LogP contribution in [0.4, 0.5) is 0 Å². The highest BCUT2D eigenvalue weighted by atomic mass is 79.9. The summed E-state index contributed by atoms with van der Waals surface area (Å²) in [5.74, 6) is 0.617. The Morgan fingerprint density at radius 2 is 2.22 bits per heavy atom. The van der Waals surface area contributed by atoms with Gasteiger partial charge in [-0.15, -0.1) is 11.3 Å².